The lowest BCUT2D eigenvalue weighted by Crippen LogP contribution is -2.52. The maximum Gasteiger partial charge on any atom is 0.219 e. The van der Waals surface area contributed by atoms with Crippen molar-refractivity contribution in [1.29, 1.82) is 0 Å². The van der Waals surface area contributed by atoms with Gasteiger partial charge in [0.25, 0.3) is 0 Å². The van der Waals surface area contributed by atoms with E-state index in [1.165, 1.54) is 5.56 Å². The smallest absolute Gasteiger partial charge is 0.219 e. The van der Waals surface area contributed by atoms with Gasteiger partial charge in [0.05, 0.1) is 6.04 Å². The van der Waals surface area contributed by atoms with Crippen LogP contribution in [0.3, 0.4) is 0 Å². The standard InChI is InChI=1S/C14H23N3OS/c1-3-13(15)14(12-4-9-19-10-12)17-7-5-16(6-8-17)11(2)18/h4,9-10,13-14H,3,5-8,15H2,1-2H3. The van der Waals surface area contributed by atoms with E-state index in [4.69, 9.17) is 5.73 Å². The zero-order valence-electron chi connectivity index (χ0n) is 11.7. The molecular weight excluding hydrogens is 258 g/mol. The van der Waals surface area contributed by atoms with Crippen molar-refractivity contribution in [3.63, 3.8) is 0 Å². The van der Waals surface area contributed by atoms with E-state index in [9.17, 15) is 4.79 Å². The van der Waals surface area contributed by atoms with Crippen LogP contribution in [-0.4, -0.2) is 47.9 Å². The molecule has 0 saturated carbocycles. The molecule has 1 saturated heterocycles. The van der Waals surface area contributed by atoms with Gasteiger partial charge in [-0.1, -0.05) is 6.92 Å². The van der Waals surface area contributed by atoms with E-state index < -0.39 is 0 Å². The molecule has 2 unspecified atom stereocenters. The first-order valence-electron chi connectivity index (χ1n) is 6.90. The number of nitrogens with two attached hydrogens (primary N) is 1. The van der Waals surface area contributed by atoms with Gasteiger partial charge >= 0.3 is 0 Å². The molecule has 2 heterocycles. The first-order chi connectivity index (χ1) is 9.13. The Bertz CT molecular complexity index is 399. The van der Waals surface area contributed by atoms with Crippen molar-refractivity contribution in [1.82, 2.24) is 9.80 Å². The van der Waals surface area contributed by atoms with Crippen LogP contribution in [0.2, 0.25) is 0 Å². The minimum absolute atomic E-state index is 0.151. The third kappa shape index (κ3) is 3.35. The highest BCUT2D eigenvalue weighted by atomic mass is 32.1. The van der Waals surface area contributed by atoms with Crippen molar-refractivity contribution in [2.75, 3.05) is 26.2 Å². The molecule has 0 aromatic carbocycles. The Hall–Kier alpha value is -0.910. The van der Waals surface area contributed by atoms with Crippen molar-refractivity contribution in [3.8, 4) is 0 Å². The Kier molecular flexibility index (Phi) is 4.96. The SMILES string of the molecule is CCC(N)C(c1ccsc1)N1CCN(C(C)=O)CC1. The summed E-state index contributed by atoms with van der Waals surface area (Å²) in [5.41, 5.74) is 7.63. The van der Waals surface area contributed by atoms with Crippen molar-refractivity contribution in [2.45, 2.75) is 32.4 Å². The number of carbonyl (C=O) groups excluding carboxylic acids is 1. The van der Waals surface area contributed by atoms with Crippen molar-refractivity contribution in [2.24, 2.45) is 5.73 Å². The fourth-order valence-corrected chi connectivity index (χ4v) is 3.40. The average Bonchev–Trinajstić information content (AvgIpc) is 2.93. The van der Waals surface area contributed by atoms with Crippen molar-refractivity contribution >= 4 is 17.2 Å². The van der Waals surface area contributed by atoms with Gasteiger partial charge < -0.3 is 10.6 Å². The summed E-state index contributed by atoms with van der Waals surface area (Å²) in [7, 11) is 0. The van der Waals surface area contributed by atoms with E-state index in [1.54, 1.807) is 18.3 Å². The quantitative estimate of drug-likeness (QED) is 0.913. The summed E-state index contributed by atoms with van der Waals surface area (Å²) >= 11 is 1.72. The Morgan fingerprint density at radius 2 is 2.11 bits per heavy atom. The monoisotopic (exact) mass is 281 g/mol. The summed E-state index contributed by atoms with van der Waals surface area (Å²) < 4.78 is 0. The van der Waals surface area contributed by atoms with E-state index in [2.05, 4.69) is 28.7 Å². The summed E-state index contributed by atoms with van der Waals surface area (Å²) in [5.74, 6) is 0.173. The zero-order valence-corrected chi connectivity index (χ0v) is 12.5. The molecule has 4 nitrogen and oxygen atoms in total. The van der Waals surface area contributed by atoms with Gasteiger partial charge in [-0.15, -0.1) is 0 Å². The maximum atomic E-state index is 11.4. The summed E-state index contributed by atoms with van der Waals surface area (Å²) in [5, 5.41) is 4.30. The molecule has 0 aliphatic carbocycles. The lowest BCUT2D eigenvalue weighted by molar-refractivity contribution is -0.130. The third-order valence-corrected chi connectivity index (χ3v) is 4.62. The zero-order chi connectivity index (χ0) is 13.8. The molecule has 1 amide bonds. The Labute approximate surface area is 119 Å². The molecule has 1 aliphatic rings. The summed E-state index contributed by atoms with van der Waals surface area (Å²) in [4.78, 5) is 15.7. The van der Waals surface area contributed by atoms with Gasteiger partial charge in [0.1, 0.15) is 0 Å². The molecule has 0 radical (unpaired) electrons. The molecular formula is C14H23N3OS. The number of rotatable bonds is 4. The van der Waals surface area contributed by atoms with E-state index >= 15 is 0 Å². The predicted molar refractivity (Wildman–Crippen MR) is 79.2 cm³/mol. The van der Waals surface area contributed by atoms with Gasteiger partial charge in [-0.3, -0.25) is 9.69 Å². The van der Waals surface area contributed by atoms with Crippen LogP contribution in [0.5, 0.6) is 0 Å². The minimum atomic E-state index is 0.151. The number of carbonyl (C=O) groups is 1. The van der Waals surface area contributed by atoms with Gasteiger partial charge in [0, 0.05) is 39.1 Å². The number of amides is 1. The molecule has 19 heavy (non-hydrogen) atoms. The fraction of sp³-hybridized carbons (Fsp3) is 0.643. The highest BCUT2D eigenvalue weighted by Gasteiger charge is 2.29. The Morgan fingerprint density at radius 3 is 2.58 bits per heavy atom. The van der Waals surface area contributed by atoms with Crippen LogP contribution in [0.15, 0.2) is 16.8 Å². The van der Waals surface area contributed by atoms with E-state index in [0.717, 1.165) is 32.6 Å². The predicted octanol–water partition coefficient (Wildman–Crippen LogP) is 1.69. The van der Waals surface area contributed by atoms with Gasteiger partial charge in [-0.05, 0) is 28.8 Å². The van der Waals surface area contributed by atoms with Gasteiger partial charge in [-0.2, -0.15) is 11.3 Å². The second kappa shape index (κ2) is 6.50. The van der Waals surface area contributed by atoms with Crippen LogP contribution in [-0.2, 0) is 4.79 Å². The molecule has 2 N–H and O–H groups in total. The van der Waals surface area contributed by atoms with Crippen LogP contribution in [0, 0.1) is 0 Å². The molecule has 2 rings (SSSR count). The van der Waals surface area contributed by atoms with Crippen LogP contribution in [0.25, 0.3) is 0 Å². The number of hydrogen-bond acceptors (Lipinski definition) is 4. The molecule has 106 valence electrons. The highest BCUT2D eigenvalue weighted by molar-refractivity contribution is 7.07. The lowest BCUT2D eigenvalue weighted by Gasteiger charge is -2.41. The van der Waals surface area contributed by atoms with Crippen LogP contribution in [0.1, 0.15) is 31.9 Å². The van der Waals surface area contributed by atoms with Crippen LogP contribution < -0.4 is 5.73 Å². The van der Waals surface area contributed by atoms with Crippen LogP contribution >= 0.6 is 11.3 Å². The van der Waals surface area contributed by atoms with Gasteiger partial charge in [0.2, 0.25) is 5.91 Å². The molecule has 0 bridgehead atoms. The summed E-state index contributed by atoms with van der Waals surface area (Å²) in [6, 6.07) is 2.60. The summed E-state index contributed by atoms with van der Waals surface area (Å²) in [6.45, 7) is 7.22. The van der Waals surface area contributed by atoms with Gasteiger partial charge in [-0.25, -0.2) is 0 Å². The van der Waals surface area contributed by atoms with Crippen molar-refractivity contribution < 1.29 is 4.79 Å². The number of nitrogens with zero attached hydrogens (tertiary/aromatic N) is 2. The van der Waals surface area contributed by atoms with Crippen molar-refractivity contribution in [3.05, 3.63) is 22.4 Å². The first kappa shape index (κ1) is 14.5. The average molecular weight is 281 g/mol. The largest absolute Gasteiger partial charge is 0.340 e. The summed E-state index contributed by atoms with van der Waals surface area (Å²) in [6.07, 6.45) is 0.966. The molecule has 0 spiro atoms. The van der Waals surface area contributed by atoms with E-state index in [0.29, 0.717) is 0 Å². The van der Waals surface area contributed by atoms with Crippen LogP contribution in [0.4, 0.5) is 0 Å². The molecule has 2 atom stereocenters. The van der Waals surface area contributed by atoms with E-state index in [-0.39, 0.29) is 18.0 Å². The first-order valence-corrected chi connectivity index (χ1v) is 7.85. The highest BCUT2D eigenvalue weighted by Crippen LogP contribution is 2.27. The minimum Gasteiger partial charge on any atom is -0.340 e. The Balaban J connectivity index is 2.07. The fourth-order valence-electron chi connectivity index (χ4n) is 2.71. The Morgan fingerprint density at radius 1 is 1.42 bits per heavy atom. The molecule has 1 aromatic heterocycles. The maximum absolute atomic E-state index is 11.4. The van der Waals surface area contributed by atoms with E-state index in [1.807, 2.05) is 4.90 Å². The normalized spacial score (nSPS) is 20.3. The third-order valence-electron chi connectivity index (χ3n) is 3.91. The molecule has 1 aliphatic heterocycles. The second-order valence-corrected chi connectivity index (χ2v) is 5.90. The molecule has 5 heteroatoms. The molecule has 1 aromatic rings. The topological polar surface area (TPSA) is 49.6 Å². The lowest BCUT2D eigenvalue weighted by atomic mass is 9.98. The number of hydrogen-bond donors (Lipinski definition) is 1. The molecule has 1 fully saturated rings. The second-order valence-electron chi connectivity index (χ2n) is 5.12. The number of thiophene rings is 1. The van der Waals surface area contributed by atoms with Gasteiger partial charge in [0.15, 0.2) is 0 Å². The number of piperazine rings is 1.